The fraction of sp³-hybridized carbons (Fsp3) is 0.526. The third-order valence-corrected chi connectivity index (χ3v) is 4.92. The van der Waals surface area contributed by atoms with Gasteiger partial charge in [0.05, 0.1) is 26.8 Å². The van der Waals surface area contributed by atoms with Gasteiger partial charge >= 0.3 is 6.03 Å². The summed E-state index contributed by atoms with van der Waals surface area (Å²) in [7, 11) is 3.10. The topological polar surface area (TPSA) is 88.6 Å². The fourth-order valence-electron chi connectivity index (χ4n) is 3.38. The van der Waals surface area contributed by atoms with Crippen LogP contribution in [0.1, 0.15) is 6.42 Å². The Bertz CT molecular complexity index is 723. The number of urea groups is 1. The number of nitrogens with zero attached hydrogens (tertiary/aromatic N) is 3. The van der Waals surface area contributed by atoms with Crippen LogP contribution in [0.15, 0.2) is 24.3 Å². The fourth-order valence-corrected chi connectivity index (χ4v) is 3.38. The average molecular weight is 391 g/mol. The molecule has 2 heterocycles. The van der Waals surface area contributed by atoms with E-state index in [1.54, 1.807) is 41.2 Å². The lowest BCUT2D eigenvalue weighted by Crippen LogP contribution is -2.45. The smallest absolute Gasteiger partial charge is 0.327 e. The van der Waals surface area contributed by atoms with Crippen LogP contribution >= 0.6 is 0 Å². The molecule has 9 heteroatoms. The van der Waals surface area contributed by atoms with E-state index in [-0.39, 0.29) is 44.1 Å². The Morgan fingerprint density at radius 2 is 1.82 bits per heavy atom. The molecule has 2 aliphatic rings. The van der Waals surface area contributed by atoms with E-state index in [0.717, 1.165) is 0 Å². The number of fused-ring (bicyclic) bond motifs is 1. The van der Waals surface area contributed by atoms with Gasteiger partial charge in [0.1, 0.15) is 17.5 Å². The maximum absolute atomic E-state index is 12.6. The molecule has 0 spiro atoms. The van der Waals surface area contributed by atoms with Crippen molar-refractivity contribution in [3.05, 3.63) is 24.3 Å². The second kappa shape index (κ2) is 8.92. The highest BCUT2D eigenvalue weighted by molar-refractivity contribution is 6.04. The molecule has 4 amide bonds. The van der Waals surface area contributed by atoms with E-state index in [4.69, 9.17) is 14.2 Å². The first-order valence-corrected chi connectivity index (χ1v) is 9.20. The molecule has 1 atom stereocenters. The van der Waals surface area contributed by atoms with Gasteiger partial charge in [-0.05, 0) is 30.7 Å². The molecular formula is C19H25N3O6. The van der Waals surface area contributed by atoms with Gasteiger partial charge < -0.3 is 24.0 Å². The maximum atomic E-state index is 12.6. The Morgan fingerprint density at radius 1 is 1.11 bits per heavy atom. The normalized spacial score (nSPS) is 19.5. The van der Waals surface area contributed by atoms with Gasteiger partial charge in [0, 0.05) is 20.2 Å². The zero-order chi connectivity index (χ0) is 20.1. The summed E-state index contributed by atoms with van der Waals surface area (Å²) in [5, 5.41) is 0. The molecule has 1 aromatic carbocycles. The Kier molecular flexibility index (Phi) is 6.35. The minimum absolute atomic E-state index is 0.130. The molecule has 1 aromatic rings. The number of imide groups is 1. The van der Waals surface area contributed by atoms with Gasteiger partial charge in [-0.3, -0.25) is 14.5 Å². The highest BCUT2D eigenvalue weighted by atomic mass is 16.5. The third-order valence-electron chi connectivity index (χ3n) is 4.92. The van der Waals surface area contributed by atoms with Gasteiger partial charge in [-0.1, -0.05) is 0 Å². The van der Waals surface area contributed by atoms with E-state index in [2.05, 4.69) is 0 Å². The van der Waals surface area contributed by atoms with Gasteiger partial charge in [0.2, 0.25) is 0 Å². The van der Waals surface area contributed by atoms with Crippen LogP contribution in [0.5, 0.6) is 11.5 Å². The molecule has 2 saturated heterocycles. The Hall–Kier alpha value is -2.81. The molecular weight excluding hydrogens is 366 g/mol. The standard InChI is InChI=1S/C19H25N3O6/c1-26-11-10-22-18(24)16-12-20(8-3-9-21(16)19(22)25)17(23)13-28-15-6-4-14(27-2)5-7-15/h4-7,16H,3,8-13H2,1-2H3. The summed E-state index contributed by atoms with van der Waals surface area (Å²) in [6.45, 7) is 1.48. The van der Waals surface area contributed by atoms with Crippen LogP contribution in [0.4, 0.5) is 4.79 Å². The number of benzene rings is 1. The van der Waals surface area contributed by atoms with Crippen LogP contribution in [0, 0.1) is 0 Å². The first-order chi connectivity index (χ1) is 13.5. The lowest BCUT2D eigenvalue weighted by Gasteiger charge is -2.23. The summed E-state index contributed by atoms with van der Waals surface area (Å²) < 4.78 is 15.6. The molecule has 1 unspecified atom stereocenters. The van der Waals surface area contributed by atoms with Crippen molar-refractivity contribution in [1.29, 1.82) is 0 Å². The number of methoxy groups -OCH3 is 2. The van der Waals surface area contributed by atoms with Crippen LogP contribution in [0.3, 0.4) is 0 Å². The minimum atomic E-state index is -0.642. The van der Waals surface area contributed by atoms with Crippen molar-refractivity contribution in [2.24, 2.45) is 0 Å². The second-order valence-electron chi connectivity index (χ2n) is 6.63. The predicted octanol–water partition coefficient (Wildman–Crippen LogP) is 0.586. The van der Waals surface area contributed by atoms with Gasteiger partial charge in [-0.25, -0.2) is 4.79 Å². The number of rotatable bonds is 7. The van der Waals surface area contributed by atoms with Gasteiger partial charge in [0.15, 0.2) is 6.61 Å². The number of ether oxygens (including phenoxy) is 3. The van der Waals surface area contributed by atoms with E-state index in [1.807, 2.05) is 0 Å². The molecule has 0 aromatic heterocycles. The Morgan fingerprint density at radius 3 is 2.50 bits per heavy atom. The molecule has 9 nitrogen and oxygen atoms in total. The van der Waals surface area contributed by atoms with Crippen molar-refractivity contribution >= 4 is 17.8 Å². The van der Waals surface area contributed by atoms with Crippen molar-refractivity contribution in [1.82, 2.24) is 14.7 Å². The molecule has 2 aliphatic heterocycles. The molecule has 28 heavy (non-hydrogen) atoms. The zero-order valence-electron chi connectivity index (χ0n) is 16.1. The maximum Gasteiger partial charge on any atom is 0.327 e. The highest BCUT2D eigenvalue weighted by Gasteiger charge is 2.46. The van der Waals surface area contributed by atoms with Crippen molar-refractivity contribution < 1.29 is 28.6 Å². The van der Waals surface area contributed by atoms with E-state index in [9.17, 15) is 14.4 Å². The predicted molar refractivity (Wildman–Crippen MR) is 99.2 cm³/mol. The Labute approximate surface area is 163 Å². The van der Waals surface area contributed by atoms with Crippen LogP contribution in [0.2, 0.25) is 0 Å². The minimum Gasteiger partial charge on any atom is -0.497 e. The van der Waals surface area contributed by atoms with Crippen molar-refractivity contribution in [3.63, 3.8) is 0 Å². The molecule has 3 rings (SSSR count). The van der Waals surface area contributed by atoms with Crippen molar-refractivity contribution in [3.8, 4) is 11.5 Å². The van der Waals surface area contributed by atoms with Crippen LogP contribution in [-0.2, 0) is 14.3 Å². The molecule has 0 N–H and O–H groups in total. The van der Waals surface area contributed by atoms with E-state index in [1.165, 1.54) is 12.0 Å². The van der Waals surface area contributed by atoms with E-state index < -0.39 is 6.04 Å². The molecule has 0 aliphatic carbocycles. The van der Waals surface area contributed by atoms with Crippen LogP contribution < -0.4 is 9.47 Å². The molecule has 152 valence electrons. The zero-order valence-corrected chi connectivity index (χ0v) is 16.1. The number of hydrogen-bond acceptors (Lipinski definition) is 6. The van der Waals surface area contributed by atoms with Gasteiger partial charge in [0.25, 0.3) is 11.8 Å². The van der Waals surface area contributed by atoms with E-state index in [0.29, 0.717) is 31.0 Å². The van der Waals surface area contributed by atoms with Crippen LogP contribution in [0.25, 0.3) is 0 Å². The number of amides is 4. The number of hydrogen-bond donors (Lipinski definition) is 0. The average Bonchev–Trinajstić information content (AvgIpc) is 2.87. The summed E-state index contributed by atoms with van der Waals surface area (Å²) in [5.74, 6) is 0.767. The summed E-state index contributed by atoms with van der Waals surface area (Å²) >= 11 is 0. The third kappa shape index (κ3) is 4.19. The lowest BCUT2D eigenvalue weighted by atomic mass is 10.2. The van der Waals surface area contributed by atoms with Crippen molar-refractivity contribution in [2.45, 2.75) is 12.5 Å². The van der Waals surface area contributed by atoms with Crippen LogP contribution in [-0.4, -0.2) is 92.2 Å². The van der Waals surface area contributed by atoms with Gasteiger partial charge in [-0.15, -0.1) is 0 Å². The molecule has 2 fully saturated rings. The largest absolute Gasteiger partial charge is 0.497 e. The lowest BCUT2D eigenvalue weighted by molar-refractivity contribution is -0.135. The highest BCUT2D eigenvalue weighted by Crippen LogP contribution is 2.22. The quantitative estimate of drug-likeness (QED) is 0.632. The molecule has 0 saturated carbocycles. The Balaban J connectivity index is 1.59. The number of carbonyl (C=O) groups excluding carboxylic acids is 3. The SMILES string of the molecule is COCCN1C(=O)C2CN(C(=O)COc3ccc(OC)cc3)CCCN2C1=O. The second-order valence-corrected chi connectivity index (χ2v) is 6.63. The number of carbonyl (C=O) groups is 3. The monoisotopic (exact) mass is 391 g/mol. The first kappa shape index (κ1) is 19.9. The summed E-state index contributed by atoms with van der Waals surface area (Å²) in [5.41, 5.74) is 0. The summed E-state index contributed by atoms with van der Waals surface area (Å²) in [6, 6.07) is 6.00. The summed E-state index contributed by atoms with van der Waals surface area (Å²) in [6.07, 6.45) is 0.613. The van der Waals surface area contributed by atoms with Gasteiger partial charge in [-0.2, -0.15) is 0 Å². The first-order valence-electron chi connectivity index (χ1n) is 9.20. The van der Waals surface area contributed by atoms with E-state index >= 15 is 0 Å². The summed E-state index contributed by atoms with van der Waals surface area (Å²) in [4.78, 5) is 42.1. The van der Waals surface area contributed by atoms with Crippen molar-refractivity contribution in [2.75, 3.05) is 53.6 Å². The molecule has 0 radical (unpaired) electrons. The molecule has 0 bridgehead atoms.